The standard InChI is InChI=1S/C16H16O3/c17-8-11(9-18)14-13-7-6-12(15(14)16(13)19)10-4-2-1-3-5-10/h1-7,11,14,17-19H,8-9H2. The molecule has 3 heteroatoms. The first kappa shape index (κ1) is 12.2. The van der Waals surface area contributed by atoms with Crippen LogP contribution in [0.5, 0.6) is 5.75 Å². The third-order valence-electron chi connectivity index (χ3n) is 3.92. The highest BCUT2D eigenvalue weighted by Gasteiger charge is 2.39. The monoisotopic (exact) mass is 256 g/mol. The van der Waals surface area contributed by atoms with Crippen molar-refractivity contribution in [1.82, 2.24) is 0 Å². The van der Waals surface area contributed by atoms with Gasteiger partial charge in [0.2, 0.25) is 0 Å². The Morgan fingerprint density at radius 1 is 0.947 bits per heavy atom. The lowest BCUT2D eigenvalue weighted by Gasteiger charge is -2.37. The molecule has 1 unspecified atom stereocenters. The van der Waals surface area contributed by atoms with Crippen LogP contribution in [0.15, 0.2) is 42.5 Å². The third-order valence-corrected chi connectivity index (χ3v) is 3.92. The van der Waals surface area contributed by atoms with Gasteiger partial charge in [0.15, 0.2) is 0 Å². The zero-order valence-electron chi connectivity index (χ0n) is 10.5. The third kappa shape index (κ3) is 1.74. The maximum Gasteiger partial charge on any atom is 0.123 e. The first-order valence-electron chi connectivity index (χ1n) is 6.40. The maximum absolute atomic E-state index is 10.1. The van der Waals surface area contributed by atoms with Crippen LogP contribution in [0.3, 0.4) is 0 Å². The van der Waals surface area contributed by atoms with E-state index in [0.29, 0.717) is 5.75 Å². The van der Waals surface area contributed by atoms with Crippen LogP contribution >= 0.6 is 0 Å². The molecule has 1 atom stereocenters. The van der Waals surface area contributed by atoms with Gasteiger partial charge in [0.05, 0.1) is 0 Å². The molecule has 0 spiro atoms. The zero-order chi connectivity index (χ0) is 13.4. The van der Waals surface area contributed by atoms with Crippen LogP contribution in [0.4, 0.5) is 0 Å². The quantitative estimate of drug-likeness (QED) is 0.785. The van der Waals surface area contributed by atoms with Gasteiger partial charge in [0.25, 0.3) is 0 Å². The lowest BCUT2D eigenvalue weighted by atomic mass is 9.68. The number of aliphatic hydroxyl groups is 2. The number of fused-ring (bicyclic) bond motifs is 2. The van der Waals surface area contributed by atoms with E-state index in [1.807, 2.05) is 42.5 Å². The normalized spacial score (nSPS) is 16.5. The minimum absolute atomic E-state index is 0.0600. The van der Waals surface area contributed by atoms with E-state index in [4.69, 9.17) is 0 Å². The predicted molar refractivity (Wildman–Crippen MR) is 73.0 cm³/mol. The van der Waals surface area contributed by atoms with Crippen LogP contribution in [0.2, 0.25) is 0 Å². The molecule has 0 aliphatic heterocycles. The fraction of sp³-hybridized carbons (Fsp3) is 0.250. The van der Waals surface area contributed by atoms with Crippen molar-refractivity contribution >= 4 is 0 Å². The van der Waals surface area contributed by atoms with Gasteiger partial charge in [-0.25, -0.2) is 0 Å². The van der Waals surface area contributed by atoms with E-state index in [1.165, 1.54) is 0 Å². The van der Waals surface area contributed by atoms with Crippen molar-refractivity contribution in [1.29, 1.82) is 0 Å². The number of phenolic OH excluding ortho intramolecular Hbond substituents is 1. The molecule has 4 rings (SSSR count). The molecule has 0 heterocycles. The molecule has 2 bridgehead atoms. The van der Waals surface area contributed by atoms with E-state index in [1.54, 1.807) is 0 Å². The zero-order valence-corrected chi connectivity index (χ0v) is 10.5. The molecule has 0 radical (unpaired) electrons. The Hall–Kier alpha value is -1.84. The minimum Gasteiger partial charge on any atom is -0.507 e. The molecule has 3 nitrogen and oxygen atoms in total. The number of phenols is 1. The highest BCUT2D eigenvalue weighted by atomic mass is 16.3. The summed E-state index contributed by atoms with van der Waals surface area (Å²) in [5, 5.41) is 28.8. The SMILES string of the molecule is OCC(CO)C1c2ccc(-c3ccccc3)c1c2O. The highest BCUT2D eigenvalue weighted by molar-refractivity contribution is 5.78. The molecule has 0 fully saturated rings. The smallest absolute Gasteiger partial charge is 0.123 e. The second kappa shape index (κ2) is 4.68. The van der Waals surface area contributed by atoms with Crippen molar-refractivity contribution in [2.45, 2.75) is 5.92 Å². The highest BCUT2D eigenvalue weighted by Crippen LogP contribution is 2.54. The average molecular weight is 256 g/mol. The molecule has 0 saturated carbocycles. The molecule has 0 saturated heterocycles. The molecule has 98 valence electrons. The van der Waals surface area contributed by atoms with Crippen molar-refractivity contribution in [3.8, 4) is 16.9 Å². The topological polar surface area (TPSA) is 60.7 Å². The summed E-state index contributed by atoms with van der Waals surface area (Å²) in [6, 6.07) is 13.7. The van der Waals surface area contributed by atoms with Gasteiger partial charge in [-0.3, -0.25) is 0 Å². The van der Waals surface area contributed by atoms with Gasteiger partial charge in [0, 0.05) is 36.2 Å². The van der Waals surface area contributed by atoms with E-state index in [2.05, 4.69) is 0 Å². The Labute approximate surface area is 111 Å². The van der Waals surface area contributed by atoms with Crippen LogP contribution in [0.1, 0.15) is 17.0 Å². The van der Waals surface area contributed by atoms with Crippen LogP contribution in [0, 0.1) is 5.92 Å². The van der Waals surface area contributed by atoms with Crippen molar-refractivity contribution < 1.29 is 15.3 Å². The Kier molecular flexibility index (Phi) is 3.01. The van der Waals surface area contributed by atoms with Gasteiger partial charge in [-0.15, -0.1) is 0 Å². The number of benzene rings is 2. The van der Waals surface area contributed by atoms with Crippen LogP contribution < -0.4 is 0 Å². The maximum atomic E-state index is 10.1. The Morgan fingerprint density at radius 2 is 1.63 bits per heavy atom. The summed E-state index contributed by atoms with van der Waals surface area (Å²) in [4.78, 5) is 0. The molecule has 19 heavy (non-hydrogen) atoms. The van der Waals surface area contributed by atoms with Gasteiger partial charge in [0.1, 0.15) is 5.75 Å². The molecule has 2 aromatic rings. The summed E-state index contributed by atoms with van der Waals surface area (Å²) in [6.45, 7) is -0.172. The number of rotatable bonds is 4. The first-order valence-corrected chi connectivity index (χ1v) is 6.40. The minimum atomic E-state index is -0.246. The van der Waals surface area contributed by atoms with Crippen LogP contribution in [0.25, 0.3) is 11.1 Å². The van der Waals surface area contributed by atoms with Crippen molar-refractivity contribution in [3.05, 3.63) is 53.6 Å². The van der Waals surface area contributed by atoms with Crippen molar-refractivity contribution in [2.75, 3.05) is 13.2 Å². The molecule has 3 N–H and O–H groups in total. The second-order valence-electron chi connectivity index (χ2n) is 4.93. The van der Waals surface area contributed by atoms with E-state index in [0.717, 1.165) is 22.3 Å². The van der Waals surface area contributed by atoms with Gasteiger partial charge < -0.3 is 15.3 Å². The van der Waals surface area contributed by atoms with Crippen LogP contribution in [-0.2, 0) is 0 Å². The summed E-state index contributed by atoms with van der Waals surface area (Å²) >= 11 is 0. The molecular weight excluding hydrogens is 240 g/mol. The van der Waals surface area contributed by atoms with E-state index < -0.39 is 0 Å². The molecule has 2 aliphatic carbocycles. The number of hydrogen-bond acceptors (Lipinski definition) is 3. The first-order chi connectivity index (χ1) is 9.27. The van der Waals surface area contributed by atoms with Gasteiger partial charge in [-0.1, -0.05) is 42.5 Å². The Balaban J connectivity index is 2.07. The second-order valence-corrected chi connectivity index (χ2v) is 4.93. The van der Waals surface area contributed by atoms with E-state index >= 15 is 0 Å². The fourth-order valence-corrected chi connectivity index (χ4v) is 2.90. The summed E-state index contributed by atoms with van der Waals surface area (Å²) in [6.07, 6.45) is 0. The number of aromatic hydroxyl groups is 1. The summed E-state index contributed by atoms with van der Waals surface area (Å²) in [5.74, 6) is -0.00183. The molecule has 0 aromatic heterocycles. The van der Waals surface area contributed by atoms with Crippen molar-refractivity contribution in [3.63, 3.8) is 0 Å². The van der Waals surface area contributed by atoms with Gasteiger partial charge in [-0.2, -0.15) is 0 Å². The van der Waals surface area contributed by atoms with Gasteiger partial charge >= 0.3 is 0 Å². The van der Waals surface area contributed by atoms with E-state index in [-0.39, 0.29) is 25.0 Å². The summed E-state index contributed by atoms with van der Waals surface area (Å²) in [5.41, 5.74) is 3.68. The number of hydrogen-bond donors (Lipinski definition) is 3. The summed E-state index contributed by atoms with van der Waals surface area (Å²) < 4.78 is 0. The van der Waals surface area contributed by atoms with Gasteiger partial charge in [-0.05, 0) is 11.1 Å². The molecule has 0 amide bonds. The molecule has 2 aliphatic rings. The largest absolute Gasteiger partial charge is 0.507 e. The Bertz CT molecular complexity index is 588. The molecular formula is C16H16O3. The summed E-state index contributed by atoms with van der Waals surface area (Å²) in [7, 11) is 0. The lowest BCUT2D eigenvalue weighted by molar-refractivity contribution is 0.133. The molecule has 2 aromatic carbocycles. The Morgan fingerprint density at radius 3 is 2.21 bits per heavy atom. The van der Waals surface area contributed by atoms with Crippen LogP contribution in [-0.4, -0.2) is 28.5 Å². The number of aliphatic hydroxyl groups excluding tert-OH is 2. The van der Waals surface area contributed by atoms with Crippen molar-refractivity contribution in [2.24, 2.45) is 5.92 Å². The fourth-order valence-electron chi connectivity index (χ4n) is 2.90. The predicted octanol–water partition coefficient (Wildman–Crippen LogP) is 2.11. The average Bonchev–Trinajstić information content (AvgIpc) is 2.49. The lowest BCUT2D eigenvalue weighted by Crippen LogP contribution is -2.27. The van der Waals surface area contributed by atoms with E-state index in [9.17, 15) is 15.3 Å².